The second-order valence-electron chi connectivity index (χ2n) is 3.41. The van der Waals surface area contributed by atoms with Crippen LogP contribution in [0.1, 0.15) is 20.3 Å². The van der Waals surface area contributed by atoms with Crippen molar-refractivity contribution in [1.29, 1.82) is 0 Å². The number of carbonyl (C=O) groups excluding carboxylic acids is 2. The van der Waals surface area contributed by atoms with E-state index >= 15 is 0 Å². The van der Waals surface area contributed by atoms with E-state index in [9.17, 15) is 9.59 Å². The fraction of sp³-hybridized carbons (Fsp3) is 0.500. The molecular weight excluding hydrogens is 236 g/mol. The molecule has 0 rings (SSSR count). The lowest BCUT2D eigenvalue weighted by atomic mass is 10.2. The molecule has 0 radical (unpaired) electrons. The zero-order valence-corrected chi connectivity index (χ0v) is 11.2. The van der Waals surface area contributed by atoms with Gasteiger partial charge in [-0.05, 0) is 18.9 Å². The van der Waals surface area contributed by atoms with Crippen LogP contribution in [0.25, 0.3) is 0 Å². The zero-order chi connectivity index (χ0) is 14.0. The summed E-state index contributed by atoms with van der Waals surface area (Å²) in [5, 5.41) is 5.15. The number of rotatable bonds is 5. The molecule has 0 saturated heterocycles. The molecule has 0 aromatic rings. The van der Waals surface area contributed by atoms with Gasteiger partial charge in [-0.1, -0.05) is 19.1 Å². The Morgan fingerprint density at radius 3 is 2.28 bits per heavy atom. The molecule has 0 aliphatic carbocycles. The van der Waals surface area contributed by atoms with Crippen molar-refractivity contribution >= 4 is 12.2 Å². The van der Waals surface area contributed by atoms with Crippen molar-refractivity contribution in [3.63, 3.8) is 0 Å². The molecule has 0 aromatic heterocycles. The van der Waals surface area contributed by atoms with Gasteiger partial charge in [0.2, 0.25) is 0 Å². The van der Waals surface area contributed by atoms with Crippen molar-refractivity contribution in [1.82, 2.24) is 10.6 Å². The molecule has 0 aliphatic heterocycles. The molecule has 2 N–H and O–H groups in total. The molecule has 0 atom stereocenters. The monoisotopic (exact) mass is 256 g/mol. The molecule has 18 heavy (non-hydrogen) atoms. The van der Waals surface area contributed by atoms with Gasteiger partial charge >= 0.3 is 12.2 Å². The minimum atomic E-state index is -0.493. The normalized spacial score (nSPS) is 11.8. The van der Waals surface area contributed by atoms with Crippen LogP contribution in [-0.4, -0.2) is 33.0 Å². The molecule has 0 bridgehead atoms. The van der Waals surface area contributed by atoms with Crippen LogP contribution in [-0.2, 0) is 9.47 Å². The van der Waals surface area contributed by atoms with Crippen LogP contribution < -0.4 is 10.6 Å². The minimum Gasteiger partial charge on any atom is -0.453 e. The second kappa shape index (κ2) is 9.09. The Morgan fingerprint density at radius 1 is 1.17 bits per heavy atom. The van der Waals surface area contributed by atoms with Gasteiger partial charge < -0.3 is 14.8 Å². The second-order valence-corrected chi connectivity index (χ2v) is 3.41. The topological polar surface area (TPSA) is 76.7 Å². The Balaban J connectivity index is 4.38. The van der Waals surface area contributed by atoms with E-state index in [0.717, 1.165) is 11.3 Å². The standard InChI is InChI=1S/C12H20N2O4/c1-5-10(14-12(16)18-4)9(2)7-6-8-13-11(15)17-3/h6-7H,5,8H2,1-4H3,(H,13,15)(H,14,16)/b7-6-,10-9+. The van der Waals surface area contributed by atoms with Gasteiger partial charge in [0.25, 0.3) is 0 Å². The van der Waals surface area contributed by atoms with Gasteiger partial charge in [-0.2, -0.15) is 0 Å². The highest BCUT2D eigenvalue weighted by atomic mass is 16.5. The summed E-state index contributed by atoms with van der Waals surface area (Å²) >= 11 is 0. The van der Waals surface area contributed by atoms with Crippen molar-refractivity contribution in [2.45, 2.75) is 20.3 Å². The maximum atomic E-state index is 11.1. The number of nitrogens with one attached hydrogen (secondary N) is 2. The fourth-order valence-electron chi connectivity index (χ4n) is 1.19. The smallest absolute Gasteiger partial charge is 0.411 e. The van der Waals surface area contributed by atoms with Gasteiger partial charge in [0.05, 0.1) is 14.2 Å². The lowest BCUT2D eigenvalue weighted by molar-refractivity contribution is 0.172. The molecule has 0 saturated carbocycles. The SMILES string of the molecule is CC/C(NC(=O)OC)=C(C)\C=C/CNC(=O)OC. The highest BCUT2D eigenvalue weighted by Gasteiger charge is 2.03. The van der Waals surface area contributed by atoms with Crippen LogP contribution in [0, 0.1) is 0 Å². The van der Waals surface area contributed by atoms with Gasteiger partial charge in [0.1, 0.15) is 0 Å². The van der Waals surface area contributed by atoms with E-state index < -0.39 is 12.2 Å². The van der Waals surface area contributed by atoms with Crippen LogP contribution in [0.4, 0.5) is 9.59 Å². The third-order valence-corrected chi connectivity index (χ3v) is 2.19. The Morgan fingerprint density at radius 2 is 1.78 bits per heavy atom. The van der Waals surface area contributed by atoms with E-state index in [0.29, 0.717) is 13.0 Å². The van der Waals surface area contributed by atoms with Crippen LogP contribution >= 0.6 is 0 Å². The highest BCUT2D eigenvalue weighted by molar-refractivity contribution is 5.69. The first-order valence-electron chi connectivity index (χ1n) is 5.58. The molecule has 2 amide bonds. The molecule has 0 aromatic carbocycles. The Bertz CT molecular complexity index is 348. The zero-order valence-electron chi connectivity index (χ0n) is 11.2. The Labute approximate surface area is 107 Å². The number of methoxy groups -OCH3 is 2. The first kappa shape index (κ1) is 16.0. The predicted molar refractivity (Wildman–Crippen MR) is 68.1 cm³/mol. The maximum Gasteiger partial charge on any atom is 0.411 e. The molecule has 0 unspecified atom stereocenters. The number of alkyl carbamates (subject to hydrolysis) is 2. The largest absolute Gasteiger partial charge is 0.453 e. The molecular formula is C12H20N2O4. The van der Waals surface area contributed by atoms with Crippen molar-refractivity contribution in [2.24, 2.45) is 0 Å². The highest BCUT2D eigenvalue weighted by Crippen LogP contribution is 2.06. The van der Waals surface area contributed by atoms with E-state index in [-0.39, 0.29) is 0 Å². The van der Waals surface area contributed by atoms with Crippen molar-refractivity contribution in [2.75, 3.05) is 20.8 Å². The number of ether oxygens (including phenoxy) is 2. The number of amides is 2. The summed E-state index contributed by atoms with van der Waals surface area (Å²) in [5.41, 5.74) is 1.67. The third kappa shape index (κ3) is 6.57. The summed E-state index contributed by atoms with van der Waals surface area (Å²) < 4.78 is 8.95. The minimum absolute atomic E-state index is 0.360. The maximum absolute atomic E-state index is 11.1. The fourth-order valence-corrected chi connectivity index (χ4v) is 1.19. The quantitative estimate of drug-likeness (QED) is 0.737. The average Bonchev–Trinajstić information content (AvgIpc) is 2.39. The third-order valence-electron chi connectivity index (χ3n) is 2.19. The first-order valence-corrected chi connectivity index (χ1v) is 5.58. The molecule has 6 nitrogen and oxygen atoms in total. The van der Waals surface area contributed by atoms with E-state index in [1.54, 1.807) is 6.08 Å². The molecule has 0 spiro atoms. The number of hydrogen-bond acceptors (Lipinski definition) is 4. The summed E-state index contributed by atoms with van der Waals surface area (Å²) in [5.74, 6) is 0. The van der Waals surface area contributed by atoms with Gasteiger partial charge in [0, 0.05) is 12.2 Å². The van der Waals surface area contributed by atoms with Crippen LogP contribution in [0.15, 0.2) is 23.4 Å². The lowest BCUT2D eigenvalue weighted by Crippen LogP contribution is -2.23. The Kier molecular flexibility index (Phi) is 8.09. The number of carbonyl (C=O) groups is 2. The van der Waals surface area contributed by atoms with E-state index in [2.05, 4.69) is 20.1 Å². The van der Waals surface area contributed by atoms with E-state index in [1.165, 1.54) is 14.2 Å². The summed E-state index contributed by atoms with van der Waals surface area (Å²) in [6.45, 7) is 4.15. The molecule has 0 aliphatic rings. The van der Waals surface area contributed by atoms with Crippen molar-refractivity contribution in [3.8, 4) is 0 Å². The lowest BCUT2D eigenvalue weighted by Gasteiger charge is -2.08. The van der Waals surface area contributed by atoms with Crippen molar-refractivity contribution < 1.29 is 19.1 Å². The van der Waals surface area contributed by atoms with Gasteiger partial charge in [-0.25, -0.2) is 9.59 Å². The molecule has 0 heterocycles. The van der Waals surface area contributed by atoms with Crippen LogP contribution in [0.5, 0.6) is 0 Å². The molecule has 0 fully saturated rings. The predicted octanol–water partition coefficient (Wildman–Crippen LogP) is 1.94. The molecule has 6 heteroatoms. The summed E-state index contributed by atoms with van der Waals surface area (Å²) in [6, 6.07) is 0. The summed E-state index contributed by atoms with van der Waals surface area (Å²) in [6.07, 6.45) is 3.28. The van der Waals surface area contributed by atoms with Gasteiger partial charge in [-0.3, -0.25) is 5.32 Å². The molecule has 102 valence electrons. The van der Waals surface area contributed by atoms with Crippen molar-refractivity contribution in [3.05, 3.63) is 23.4 Å². The number of allylic oxidation sites excluding steroid dienone is 3. The summed E-state index contributed by atoms with van der Waals surface area (Å²) in [4.78, 5) is 21.9. The van der Waals surface area contributed by atoms with Gasteiger partial charge in [0.15, 0.2) is 0 Å². The van der Waals surface area contributed by atoms with Crippen LogP contribution in [0.2, 0.25) is 0 Å². The first-order chi connectivity index (χ1) is 8.54. The van der Waals surface area contributed by atoms with E-state index in [1.807, 2.05) is 19.9 Å². The summed E-state index contributed by atoms with van der Waals surface area (Å²) in [7, 11) is 2.62. The Hall–Kier alpha value is -1.98. The average molecular weight is 256 g/mol. The van der Waals surface area contributed by atoms with Gasteiger partial charge in [-0.15, -0.1) is 0 Å². The number of hydrogen-bond donors (Lipinski definition) is 2. The van der Waals surface area contributed by atoms with Crippen LogP contribution in [0.3, 0.4) is 0 Å². The van der Waals surface area contributed by atoms with E-state index in [4.69, 9.17) is 0 Å².